The summed E-state index contributed by atoms with van der Waals surface area (Å²) in [5.41, 5.74) is 2.64. The van der Waals surface area contributed by atoms with Crippen molar-refractivity contribution < 1.29 is 9.18 Å². The minimum Gasteiger partial charge on any atom is -0.369 e. The molecule has 0 aromatic heterocycles. The van der Waals surface area contributed by atoms with Crippen LogP contribution in [-0.4, -0.2) is 13.3 Å². The summed E-state index contributed by atoms with van der Waals surface area (Å²) in [6.45, 7) is 0.666. The fourth-order valence-corrected chi connectivity index (χ4v) is 2.55. The van der Waals surface area contributed by atoms with Crippen molar-refractivity contribution >= 4 is 27.9 Å². The van der Waals surface area contributed by atoms with Crippen LogP contribution in [0.15, 0.2) is 46.9 Å². The zero-order chi connectivity index (χ0) is 13.8. The van der Waals surface area contributed by atoms with Gasteiger partial charge < -0.3 is 4.90 Å². The van der Waals surface area contributed by atoms with E-state index in [4.69, 9.17) is 0 Å². The monoisotopic (exact) mass is 321 g/mol. The number of nitrogens with zero attached hydrogens (tertiary/aromatic N) is 1. The lowest BCUT2D eigenvalue weighted by atomic mass is 10.2. The molecule has 0 N–H and O–H groups in total. The third-order valence-corrected chi connectivity index (χ3v) is 3.49. The first-order valence-electron chi connectivity index (χ1n) is 5.80. The van der Waals surface area contributed by atoms with Crippen molar-refractivity contribution in [3.63, 3.8) is 0 Å². The minimum absolute atomic E-state index is 0.233. The van der Waals surface area contributed by atoms with Gasteiger partial charge in [-0.05, 0) is 51.8 Å². The van der Waals surface area contributed by atoms with Gasteiger partial charge in [0.25, 0.3) is 0 Å². The van der Waals surface area contributed by atoms with E-state index < -0.39 is 0 Å². The Kier molecular flexibility index (Phi) is 4.32. The molecule has 0 bridgehead atoms. The van der Waals surface area contributed by atoms with Gasteiger partial charge in [-0.25, -0.2) is 4.39 Å². The predicted molar refractivity (Wildman–Crippen MR) is 78.0 cm³/mol. The zero-order valence-corrected chi connectivity index (χ0v) is 12.0. The lowest BCUT2D eigenvalue weighted by Gasteiger charge is -2.21. The molecule has 0 radical (unpaired) electrons. The van der Waals surface area contributed by atoms with Gasteiger partial charge in [0, 0.05) is 23.6 Å². The largest absolute Gasteiger partial charge is 0.369 e. The number of rotatable bonds is 4. The fraction of sp³-hybridized carbons (Fsp3) is 0.133. The summed E-state index contributed by atoms with van der Waals surface area (Å²) < 4.78 is 13.7. The summed E-state index contributed by atoms with van der Waals surface area (Å²) in [7, 11) is 1.95. The van der Waals surface area contributed by atoms with E-state index in [2.05, 4.69) is 15.9 Å². The Hall–Kier alpha value is -1.68. The molecule has 0 spiro atoms. The van der Waals surface area contributed by atoms with Crippen molar-refractivity contribution in [2.75, 3.05) is 11.9 Å². The standard InChI is InChI=1S/C15H13BrFNO/c1-18(9-11-2-5-13(17)6-3-11)15-7-4-12(10-19)8-14(15)16/h2-8,10H,9H2,1H3. The maximum atomic E-state index is 12.8. The molecule has 4 heteroatoms. The molecule has 98 valence electrons. The molecule has 0 aliphatic rings. The predicted octanol–water partition coefficient (Wildman–Crippen LogP) is 4.04. The van der Waals surface area contributed by atoms with E-state index in [9.17, 15) is 9.18 Å². The molecule has 0 saturated heterocycles. The number of anilines is 1. The van der Waals surface area contributed by atoms with Crippen molar-refractivity contribution in [2.24, 2.45) is 0 Å². The summed E-state index contributed by atoms with van der Waals surface area (Å²) >= 11 is 3.45. The van der Waals surface area contributed by atoms with Crippen molar-refractivity contribution in [1.82, 2.24) is 0 Å². The van der Waals surface area contributed by atoms with Crippen LogP contribution in [0.25, 0.3) is 0 Å². The van der Waals surface area contributed by atoms with E-state index in [1.165, 1.54) is 12.1 Å². The lowest BCUT2D eigenvalue weighted by Crippen LogP contribution is -2.16. The van der Waals surface area contributed by atoms with Crippen LogP contribution in [-0.2, 0) is 6.54 Å². The van der Waals surface area contributed by atoms with Gasteiger partial charge in [0.1, 0.15) is 12.1 Å². The van der Waals surface area contributed by atoms with Crippen LogP contribution < -0.4 is 4.90 Å². The molecule has 0 aliphatic carbocycles. The van der Waals surface area contributed by atoms with Crippen molar-refractivity contribution in [3.05, 3.63) is 63.9 Å². The lowest BCUT2D eigenvalue weighted by molar-refractivity contribution is 0.112. The van der Waals surface area contributed by atoms with E-state index >= 15 is 0 Å². The number of halogens is 2. The number of carbonyl (C=O) groups is 1. The minimum atomic E-state index is -0.233. The van der Waals surface area contributed by atoms with Crippen LogP contribution in [0.4, 0.5) is 10.1 Å². The molecule has 0 atom stereocenters. The average Bonchev–Trinajstić information content (AvgIpc) is 2.41. The van der Waals surface area contributed by atoms with Gasteiger partial charge in [-0.15, -0.1) is 0 Å². The van der Waals surface area contributed by atoms with Crippen molar-refractivity contribution in [2.45, 2.75) is 6.54 Å². The molecule has 0 unspecified atom stereocenters. The Morgan fingerprint density at radius 2 is 1.89 bits per heavy atom. The van der Waals surface area contributed by atoms with Crippen molar-refractivity contribution in [1.29, 1.82) is 0 Å². The molecule has 2 aromatic rings. The molecule has 0 aliphatic heterocycles. The number of hydrogen-bond donors (Lipinski definition) is 0. The summed E-state index contributed by atoms with van der Waals surface area (Å²) in [6, 6.07) is 11.9. The van der Waals surface area contributed by atoms with E-state index in [0.717, 1.165) is 22.0 Å². The van der Waals surface area contributed by atoms with E-state index in [1.54, 1.807) is 24.3 Å². The normalized spacial score (nSPS) is 10.3. The van der Waals surface area contributed by atoms with E-state index in [-0.39, 0.29) is 5.82 Å². The average molecular weight is 322 g/mol. The third kappa shape index (κ3) is 3.41. The summed E-state index contributed by atoms with van der Waals surface area (Å²) in [5.74, 6) is -0.233. The van der Waals surface area contributed by atoms with Crippen LogP contribution in [0.1, 0.15) is 15.9 Å². The highest BCUT2D eigenvalue weighted by atomic mass is 79.9. The second-order valence-corrected chi connectivity index (χ2v) is 5.17. The van der Waals surface area contributed by atoms with E-state index in [1.807, 2.05) is 18.0 Å². The van der Waals surface area contributed by atoms with Gasteiger partial charge in [0.2, 0.25) is 0 Å². The first-order chi connectivity index (χ1) is 9.10. The maximum absolute atomic E-state index is 12.8. The van der Waals surface area contributed by atoms with Gasteiger partial charge in [0.15, 0.2) is 0 Å². The molecule has 0 amide bonds. The summed E-state index contributed by atoms with van der Waals surface area (Å²) in [5, 5.41) is 0. The Morgan fingerprint density at radius 1 is 1.21 bits per heavy atom. The molecule has 19 heavy (non-hydrogen) atoms. The Bertz CT molecular complexity index is 583. The Morgan fingerprint density at radius 3 is 2.47 bits per heavy atom. The zero-order valence-electron chi connectivity index (χ0n) is 10.4. The maximum Gasteiger partial charge on any atom is 0.150 e. The van der Waals surface area contributed by atoms with Gasteiger partial charge in [0.05, 0.1) is 5.69 Å². The van der Waals surface area contributed by atoms with Crippen LogP contribution in [0, 0.1) is 5.82 Å². The molecular formula is C15H13BrFNO. The molecule has 0 saturated carbocycles. The smallest absolute Gasteiger partial charge is 0.150 e. The molecule has 0 heterocycles. The summed E-state index contributed by atoms with van der Waals surface area (Å²) in [6.07, 6.45) is 0.814. The molecule has 2 nitrogen and oxygen atoms in total. The van der Waals surface area contributed by atoms with Gasteiger partial charge >= 0.3 is 0 Å². The quantitative estimate of drug-likeness (QED) is 0.792. The highest BCUT2D eigenvalue weighted by Crippen LogP contribution is 2.27. The second-order valence-electron chi connectivity index (χ2n) is 4.31. The number of benzene rings is 2. The molecule has 2 aromatic carbocycles. The number of carbonyl (C=O) groups excluding carboxylic acids is 1. The van der Waals surface area contributed by atoms with Gasteiger partial charge in [-0.1, -0.05) is 12.1 Å². The highest BCUT2D eigenvalue weighted by Gasteiger charge is 2.07. The highest BCUT2D eigenvalue weighted by molar-refractivity contribution is 9.10. The third-order valence-electron chi connectivity index (χ3n) is 2.85. The number of hydrogen-bond acceptors (Lipinski definition) is 2. The van der Waals surface area contributed by atoms with E-state index in [0.29, 0.717) is 12.1 Å². The topological polar surface area (TPSA) is 20.3 Å². The van der Waals surface area contributed by atoms with Gasteiger partial charge in [-0.2, -0.15) is 0 Å². The first kappa shape index (κ1) is 13.7. The molecule has 0 fully saturated rings. The summed E-state index contributed by atoms with van der Waals surface area (Å²) in [4.78, 5) is 12.7. The molecular weight excluding hydrogens is 309 g/mol. The van der Waals surface area contributed by atoms with Crippen LogP contribution in [0.5, 0.6) is 0 Å². The van der Waals surface area contributed by atoms with Crippen LogP contribution in [0.3, 0.4) is 0 Å². The number of aldehydes is 1. The fourth-order valence-electron chi connectivity index (χ4n) is 1.85. The Balaban J connectivity index is 2.17. The van der Waals surface area contributed by atoms with Crippen LogP contribution in [0.2, 0.25) is 0 Å². The van der Waals surface area contributed by atoms with Crippen molar-refractivity contribution in [3.8, 4) is 0 Å². The molecule has 2 rings (SSSR count). The first-order valence-corrected chi connectivity index (χ1v) is 6.60. The van der Waals surface area contributed by atoms with Crippen LogP contribution >= 0.6 is 15.9 Å². The Labute approximate surface area is 120 Å². The van der Waals surface area contributed by atoms with Gasteiger partial charge in [-0.3, -0.25) is 4.79 Å². The second kappa shape index (κ2) is 5.97. The SMILES string of the molecule is CN(Cc1ccc(F)cc1)c1ccc(C=O)cc1Br.